The predicted octanol–water partition coefficient (Wildman–Crippen LogP) is 0.911. The van der Waals surface area contributed by atoms with Crippen molar-refractivity contribution in [3.8, 4) is 0 Å². The molecule has 0 spiro atoms. The molecule has 1 aliphatic carbocycles. The van der Waals surface area contributed by atoms with Crippen LogP contribution in [0.1, 0.15) is 46.0 Å². The number of hydrogen-bond acceptors (Lipinski definition) is 4. The summed E-state index contributed by atoms with van der Waals surface area (Å²) in [6.07, 6.45) is 5.62. The highest BCUT2D eigenvalue weighted by molar-refractivity contribution is 5.81. The summed E-state index contributed by atoms with van der Waals surface area (Å²) in [5.41, 5.74) is -0.993. The summed E-state index contributed by atoms with van der Waals surface area (Å²) in [5.74, 6) is -0.229. The van der Waals surface area contributed by atoms with Crippen LogP contribution in [-0.4, -0.2) is 45.8 Å². The number of carbonyl (C=O) groups is 1. The zero-order chi connectivity index (χ0) is 12.2. The van der Waals surface area contributed by atoms with Crippen molar-refractivity contribution >= 4 is 5.78 Å². The van der Waals surface area contributed by atoms with Crippen molar-refractivity contribution in [1.29, 1.82) is 0 Å². The van der Waals surface area contributed by atoms with Gasteiger partial charge in [0.05, 0.1) is 6.54 Å². The maximum atomic E-state index is 11.3. The van der Waals surface area contributed by atoms with Gasteiger partial charge in [-0.2, -0.15) is 0 Å². The molecule has 16 heavy (non-hydrogen) atoms. The van der Waals surface area contributed by atoms with Gasteiger partial charge >= 0.3 is 0 Å². The van der Waals surface area contributed by atoms with Gasteiger partial charge in [-0.05, 0) is 26.7 Å². The van der Waals surface area contributed by atoms with Crippen LogP contribution in [0.15, 0.2) is 0 Å². The summed E-state index contributed by atoms with van der Waals surface area (Å²) in [6, 6.07) is 0.268. The third-order valence-corrected chi connectivity index (χ3v) is 3.24. The molecular weight excluding hydrogens is 206 g/mol. The standard InChI is InChI=1S/C12H23NO3/c1-12(2,16)13(8-11(15)9-14)10-6-4-3-5-7-10/h10,14,16H,3-9H2,1-2H3. The van der Waals surface area contributed by atoms with Gasteiger partial charge in [-0.15, -0.1) is 0 Å². The molecule has 1 saturated carbocycles. The molecule has 1 fully saturated rings. The van der Waals surface area contributed by atoms with E-state index >= 15 is 0 Å². The molecule has 0 saturated heterocycles. The maximum Gasteiger partial charge on any atom is 0.172 e. The largest absolute Gasteiger partial charge is 0.389 e. The zero-order valence-corrected chi connectivity index (χ0v) is 10.3. The molecule has 0 aromatic rings. The van der Waals surface area contributed by atoms with Crippen LogP contribution in [0.2, 0.25) is 0 Å². The molecule has 0 atom stereocenters. The Labute approximate surface area is 97.3 Å². The third-order valence-electron chi connectivity index (χ3n) is 3.24. The highest BCUT2D eigenvalue weighted by Gasteiger charge is 2.32. The Morgan fingerprint density at radius 1 is 1.31 bits per heavy atom. The van der Waals surface area contributed by atoms with Gasteiger partial charge in [0.15, 0.2) is 5.78 Å². The van der Waals surface area contributed by atoms with Crippen LogP contribution in [0.5, 0.6) is 0 Å². The van der Waals surface area contributed by atoms with Gasteiger partial charge in [-0.25, -0.2) is 0 Å². The van der Waals surface area contributed by atoms with E-state index < -0.39 is 12.3 Å². The van der Waals surface area contributed by atoms with Crippen LogP contribution in [0, 0.1) is 0 Å². The first kappa shape index (κ1) is 13.6. The highest BCUT2D eigenvalue weighted by Crippen LogP contribution is 2.26. The normalized spacial score (nSPS) is 19.1. The van der Waals surface area contributed by atoms with Crippen molar-refractivity contribution < 1.29 is 15.0 Å². The van der Waals surface area contributed by atoms with Gasteiger partial charge in [-0.1, -0.05) is 19.3 Å². The average Bonchev–Trinajstić information content (AvgIpc) is 2.25. The second-order valence-corrected chi connectivity index (χ2v) is 5.11. The van der Waals surface area contributed by atoms with E-state index in [0.717, 1.165) is 25.7 Å². The van der Waals surface area contributed by atoms with Gasteiger partial charge in [0.25, 0.3) is 0 Å². The Morgan fingerprint density at radius 3 is 2.31 bits per heavy atom. The lowest BCUT2D eigenvalue weighted by Gasteiger charge is -2.41. The van der Waals surface area contributed by atoms with Crippen LogP contribution in [0.25, 0.3) is 0 Å². The van der Waals surface area contributed by atoms with Crippen LogP contribution in [-0.2, 0) is 4.79 Å². The van der Waals surface area contributed by atoms with E-state index in [1.165, 1.54) is 6.42 Å². The summed E-state index contributed by atoms with van der Waals surface area (Å²) < 4.78 is 0. The number of hydrogen-bond donors (Lipinski definition) is 2. The quantitative estimate of drug-likeness (QED) is 0.688. The number of carbonyl (C=O) groups excluding carboxylic acids is 1. The maximum absolute atomic E-state index is 11.3. The molecule has 0 aromatic heterocycles. The molecule has 0 aromatic carbocycles. The minimum Gasteiger partial charge on any atom is -0.389 e. The molecular formula is C12H23NO3. The Hall–Kier alpha value is -0.450. The van der Waals surface area contributed by atoms with Crippen LogP contribution >= 0.6 is 0 Å². The molecule has 1 aliphatic rings. The van der Waals surface area contributed by atoms with E-state index in [4.69, 9.17) is 5.11 Å². The van der Waals surface area contributed by atoms with Crippen molar-refractivity contribution in [2.24, 2.45) is 0 Å². The van der Waals surface area contributed by atoms with E-state index in [2.05, 4.69) is 0 Å². The van der Waals surface area contributed by atoms with E-state index in [1.54, 1.807) is 13.8 Å². The molecule has 0 amide bonds. The first-order valence-corrected chi connectivity index (χ1v) is 6.07. The third kappa shape index (κ3) is 3.85. The number of nitrogens with zero attached hydrogens (tertiary/aromatic N) is 1. The van der Waals surface area contributed by atoms with Crippen molar-refractivity contribution in [3.05, 3.63) is 0 Å². The van der Waals surface area contributed by atoms with Crippen molar-refractivity contribution in [2.45, 2.75) is 57.7 Å². The van der Waals surface area contributed by atoms with E-state index in [1.807, 2.05) is 4.90 Å². The lowest BCUT2D eigenvalue weighted by atomic mass is 9.92. The monoisotopic (exact) mass is 229 g/mol. The molecule has 0 unspecified atom stereocenters. The first-order valence-electron chi connectivity index (χ1n) is 6.07. The lowest BCUT2D eigenvalue weighted by molar-refractivity contribution is -0.139. The van der Waals surface area contributed by atoms with E-state index in [-0.39, 0.29) is 18.4 Å². The molecule has 0 bridgehead atoms. The number of aliphatic hydroxyl groups is 2. The minimum absolute atomic E-state index is 0.144. The Bertz CT molecular complexity index is 229. The Morgan fingerprint density at radius 2 is 1.88 bits per heavy atom. The summed E-state index contributed by atoms with van der Waals surface area (Å²) in [4.78, 5) is 13.1. The second kappa shape index (κ2) is 5.75. The molecule has 0 radical (unpaired) electrons. The summed E-state index contributed by atoms with van der Waals surface area (Å²) >= 11 is 0. The fourth-order valence-electron chi connectivity index (χ4n) is 2.40. The average molecular weight is 229 g/mol. The molecule has 4 heteroatoms. The van der Waals surface area contributed by atoms with E-state index in [9.17, 15) is 9.90 Å². The summed E-state index contributed by atoms with van der Waals surface area (Å²) in [6.45, 7) is 3.10. The zero-order valence-electron chi connectivity index (χ0n) is 10.3. The van der Waals surface area contributed by atoms with Crippen molar-refractivity contribution in [1.82, 2.24) is 4.90 Å². The fourth-order valence-corrected chi connectivity index (χ4v) is 2.40. The Kier molecular flexibility index (Phi) is 4.89. The van der Waals surface area contributed by atoms with Crippen LogP contribution < -0.4 is 0 Å². The Balaban J connectivity index is 2.66. The van der Waals surface area contributed by atoms with Gasteiger partial charge in [-0.3, -0.25) is 9.69 Å². The van der Waals surface area contributed by atoms with Gasteiger partial charge in [0, 0.05) is 6.04 Å². The molecule has 94 valence electrons. The second-order valence-electron chi connectivity index (χ2n) is 5.11. The van der Waals surface area contributed by atoms with Crippen LogP contribution in [0.4, 0.5) is 0 Å². The first-order chi connectivity index (χ1) is 7.45. The smallest absolute Gasteiger partial charge is 0.172 e. The van der Waals surface area contributed by atoms with Gasteiger partial charge in [0.1, 0.15) is 12.3 Å². The summed E-state index contributed by atoms with van der Waals surface area (Å²) in [5, 5.41) is 18.9. The van der Waals surface area contributed by atoms with E-state index in [0.29, 0.717) is 0 Å². The number of Topliss-reactive ketones (excluding diaryl/α,β-unsaturated/α-hetero) is 1. The number of rotatable bonds is 5. The molecule has 0 aliphatic heterocycles. The molecule has 1 rings (SSSR count). The predicted molar refractivity (Wildman–Crippen MR) is 62.0 cm³/mol. The molecule has 0 heterocycles. The summed E-state index contributed by atoms with van der Waals surface area (Å²) in [7, 11) is 0. The topological polar surface area (TPSA) is 60.8 Å². The lowest BCUT2D eigenvalue weighted by Crippen LogP contribution is -2.53. The van der Waals surface area contributed by atoms with Crippen molar-refractivity contribution in [2.75, 3.05) is 13.2 Å². The van der Waals surface area contributed by atoms with Crippen LogP contribution in [0.3, 0.4) is 0 Å². The molecule has 2 N–H and O–H groups in total. The molecule has 4 nitrogen and oxygen atoms in total. The highest BCUT2D eigenvalue weighted by atomic mass is 16.3. The number of ketones is 1. The number of aliphatic hydroxyl groups excluding tert-OH is 1. The van der Waals surface area contributed by atoms with Gasteiger partial charge in [0.2, 0.25) is 0 Å². The fraction of sp³-hybridized carbons (Fsp3) is 0.917. The van der Waals surface area contributed by atoms with Gasteiger partial charge < -0.3 is 10.2 Å². The minimum atomic E-state index is -0.993. The SMILES string of the molecule is CC(C)(O)N(CC(=O)CO)C1CCCCC1. The van der Waals surface area contributed by atoms with Crippen molar-refractivity contribution in [3.63, 3.8) is 0 Å².